The van der Waals surface area contributed by atoms with Crippen molar-refractivity contribution < 1.29 is 4.79 Å². The van der Waals surface area contributed by atoms with Gasteiger partial charge in [-0.1, -0.05) is 13.3 Å². The lowest BCUT2D eigenvalue weighted by molar-refractivity contribution is 0.0600. The molecule has 2 rings (SSSR count). The van der Waals surface area contributed by atoms with Crippen LogP contribution in [0.4, 0.5) is 5.69 Å². The molecule has 0 aliphatic carbocycles. The molecule has 0 spiro atoms. The second kappa shape index (κ2) is 7.39. The monoisotopic (exact) mass is 282 g/mol. The van der Waals surface area contributed by atoms with Gasteiger partial charge < -0.3 is 10.6 Å². The van der Waals surface area contributed by atoms with Crippen LogP contribution >= 0.6 is 12.4 Å². The number of carbonyl (C=O) groups is 1. The molecular formula is C15H23ClN2O. The van der Waals surface area contributed by atoms with Crippen molar-refractivity contribution in [3.8, 4) is 0 Å². The van der Waals surface area contributed by atoms with Crippen LogP contribution in [0.3, 0.4) is 0 Å². The number of amides is 1. The third-order valence-electron chi connectivity index (χ3n) is 3.67. The fourth-order valence-corrected chi connectivity index (χ4v) is 2.69. The molecule has 1 heterocycles. The van der Waals surface area contributed by atoms with E-state index >= 15 is 0 Å². The molecule has 3 nitrogen and oxygen atoms in total. The largest absolute Gasteiger partial charge is 0.399 e. The van der Waals surface area contributed by atoms with Gasteiger partial charge in [-0.05, 0) is 49.9 Å². The van der Waals surface area contributed by atoms with E-state index in [1.807, 2.05) is 12.1 Å². The molecule has 1 fully saturated rings. The first-order valence-electron chi connectivity index (χ1n) is 6.89. The van der Waals surface area contributed by atoms with E-state index < -0.39 is 0 Å². The minimum absolute atomic E-state index is 0. The topological polar surface area (TPSA) is 46.3 Å². The van der Waals surface area contributed by atoms with Crippen LogP contribution in [0, 0.1) is 0 Å². The number of anilines is 1. The van der Waals surface area contributed by atoms with E-state index in [4.69, 9.17) is 5.73 Å². The molecule has 1 aromatic rings. The van der Waals surface area contributed by atoms with Crippen LogP contribution in [0.5, 0.6) is 0 Å². The van der Waals surface area contributed by atoms with Gasteiger partial charge in [-0.3, -0.25) is 4.79 Å². The van der Waals surface area contributed by atoms with Crippen LogP contribution in [-0.2, 0) is 0 Å². The molecule has 19 heavy (non-hydrogen) atoms. The van der Waals surface area contributed by atoms with Gasteiger partial charge in [0.1, 0.15) is 0 Å². The lowest BCUT2D eigenvalue weighted by Gasteiger charge is -2.35. The number of piperidine rings is 1. The molecule has 4 heteroatoms. The van der Waals surface area contributed by atoms with E-state index in [1.165, 1.54) is 6.42 Å². The van der Waals surface area contributed by atoms with Crippen LogP contribution < -0.4 is 5.73 Å². The number of benzene rings is 1. The summed E-state index contributed by atoms with van der Waals surface area (Å²) < 4.78 is 0. The maximum atomic E-state index is 12.5. The summed E-state index contributed by atoms with van der Waals surface area (Å²) in [6, 6.07) is 7.68. The highest BCUT2D eigenvalue weighted by molar-refractivity contribution is 5.94. The molecule has 0 saturated carbocycles. The number of rotatable bonds is 3. The van der Waals surface area contributed by atoms with Crippen molar-refractivity contribution in [1.82, 2.24) is 4.90 Å². The average molecular weight is 283 g/mol. The summed E-state index contributed by atoms with van der Waals surface area (Å²) in [6.45, 7) is 3.08. The molecule has 1 aromatic carbocycles. The zero-order valence-electron chi connectivity index (χ0n) is 11.5. The van der Waals surface area contributed by atoms with Gasteiger partial charge in [-0.2, -0.15) is 0 Å². The van der Waals surface area contributed by atoms with Crippen molar-refractivity contribution >= 4 is 24.0 Å². The maximum Gasteiger partial charge on any atom is 0.254 e. The van der Waals surface area contributed by atoms with Crippen molar-refractivity contribution in [2.45, 2.75) is 45.1 Å². The Morgan fingerprint density at radius 3 is 2.63 bits per heavy atom. The lowest BCUT2D eigenvalue weighted by Crippen LogP contribution is -2.43. The number of likely N-dealkylation sites (tertiary alicyclic amines) is 1. The average Bonchev–Trinajstić information content (AvgIpc) is 2.40. The van der Waals surface area contributed by atoms with E-state index in [2.05, 4.69) is 11.8 Å². The third-order valence-corrected chi connectivity index (χ3v) is 3.67. The van der Waals surface area contributed by atoms with Gasteiger partial charge >= 0.3 is 0 Å². The molecule has 1 aliphatic heterocycles. The Morgan fingerprint density at radius 1 is 1.32 bits per heavy atom. The Kier molecular flexibility index (Phi) is 6.16. The van der Waals surface area contributed by atoms with Crippen molar-refractivity contribution in [2.75, 3.05) is 12.3 Å². The van der Waals surface area contributed by atoms with Crippen LogP contribution in [0.2, 0.25) is 0 Å². The SMILES string of the molecule is CCCC1CCCCN1C(=O)c1ccc(N)cc1.Cl. The molecule has 0 radical (unpaired) electrons. The van der Waals surface area contributed by atoms with Gasteiger partial charge in [0.05, 0.1) is 0 Å². The molecule has 106 valence electrons. The molecule has 1 amide bonds. The molecule has 1 saturated heterocycles. The minimum atomic E-state index is 0. The summed E-state index contributed by atoms with van der Waals surface area (Å²) in [5.74, 6) is 0.160. The van der Waals surface area contributed by atoms with E-state index in [1.54, 1.807) is 12.1 Å². The predicted molar refractivity (Wildman–Crippen MR) is 81.7 cm³/mol. The molecule has 1 atom stereocenters. The third kappa shape index (κ3) is 3.87. The maximum absolute atomic E-state index is 12.5. The summed E-state index contributed by atoms with van der Waals surface area (Å²) in [5.41, 5.74) is 7.12. The minimum Gasteiger partial charge on any atom is -0.399 e. The quantitative estimate of drug-likeness (QED) is 0.863. The zero-order valence-corrected chi connectivity index (χ0v) is 12.3. The summed E-state index contributed by atoms with van der Waals surface area (Å²) in [4.78, 5) is 14.5. The second-order valence-electron chi connectivity index (χ2n) is 5.06. The van der Waals surface area contributed by atoms with E-state index in [-0.39, 0.29) is 18.3 Å². The van der Waals surface area contributed by atoms with Crippen LogP contribution in [0.25, 0.3) is 0 Å². The normalized spacial score (nSPS) is 18.8. The smallest absolute Gasteiger partial charge is 0.254 e. The molecule has 1 unspecified atom stereocenters. The first kappa shape index (κ1) is 15.8. The number of nitrogens with two attached hydrogens (primary N) is 1. The number of nitrogens with zero attached hydrogens (tertiary/aromatic N) is 1. The van der Waals surface area contributed by atoms with Gasteiger partial charge in [-0.25, -0.2) is 0 Å². The highest BCUT2D eigenvalue weighted by atomic mass is 35.5. The van der Waals surface area contributed by atoms with Crippen LogP contribution in [0.15, 0.2) is 24.3 Å². The van der Waals surface area contributed by atoms with E-state index in [9.17, 15) is 4.79 Å². The summed E-state index contributed by atoms with van der Waals surface area (Å²) in [5, 5.41) is 0. The molecule has 1 aliphatic rings. The van der Waals surface area contributed by atoms with Gasteiger partial charge in [-0.15, -0.1) is 12.4 Å². The standard InChI is InChI=1S/C15H22N2O.ClH/c1-2-5-14-6-3-4-11-17(14)15(18)12-7-9-13(16)10-8-12;/h7-10,14H,2-6,11,16H2,1H3;1H. The Labute approximate surface area is 121 Å². The molecule has 2 N–H and O–H groups in total. The molecular weight excluding hydrogens is 260 g/mol. The number of nitrogen functional groups attached to an aromatic ring is 1. The van der Waals surface area contributed by atoms with Crippen LogP contribution in [0.1, 0.15) is 49.4 Å². The Bertz CT molecular complexity index is 403. The van der Waals surface area contributed by atoms with Gasteiger partial charge in [0.25, 0.3) is 5.91 Å². The fraction of sp³-hybridized carbons (Fsp3) is 0.533. The number of halogens is 1. The van der Waals surface area contributed by atoms with Gasteiger partial charge in [0.15, 0.2) is 0 Å². The van der Waals surface area contributed by atoms with E-state index in [0.717, 1.165) is 37.8 Å². The Morgan fingerprint density at radius 2 is 2.00 bits per heavy atom. The van der Waals surface area contributed by atoms with Crippen molar-refractivity contribution in [3.05, 3.63) is 29.8 Å². The summed E-state index contributed by atoms with van der Waals surface area (Å²) in [6.07, 6.45) is 5.77. The zero-order chi connectivity index (χ0) is 13.0. The highest BCUT2D eigenvalue weighted by Crippen LogP contribution is 2.23. The number of hydrogen-bond acceptors (Lipinski definition) is 2. The Balaban J connectivity index is 0.00000180. The van der Waals surface area contributed by atoms with Crippen molar-refractivity contribution in [2.24, 2.45) is 0 Å². The van der Waals surface area contributed by atoms with Gasteiger partial charge in [0.2, 0.25) is 0 Å². The van der Waals surface area contributed by atoms with Crippen molar-refractivity contribution in [1.29, 1.82) is 0 Å². The number of carbonyl (C=O) groups excluding carboxylic acids is 1. The van der Waals surface area contributed by atoms with Crippen LogP contribution in [-0.4, -0.2) is 23.4 Å². The first-order chi connectivity index (χ1) is 8.72. The first-order valence-corrected chi connectivity index (χ1v) is 6.89. The fourth-order valence-electron chi connectivity index (χ4n) is 2.69. The Hall–Kier alpha value is -1.22. The highest BCUT2D eigenvalue weighted by Gasteiger charge is 2.26. The summed E-state index contributed by atoms with van der Waals surface area (Å²) in [7, 11) is 0. The lowest BCUT2D eigenvalue weighted by atomic mass is 9.97. The summed E-state index contributed by atoms with van der Waals surface area (Å²) >= 11 is 0. The second-order valence-corrected chi connectivity index (χ2v) is 5.06. The molecule has 0 aromatic heterocycles. The van der Waals surface area contributed by atoms with E-state index in [0.29, 0.717) is 11.7 Å². The predicted octanol–water partition coefficient (Wildman–Crippen LogP) is 3.49. The van der Waals surface area contributed by atoms with Gasteiger partial charge in [0, 0.05) is 23.8 Å². The number of hydrogen-bond donors (Lipinski definition) is 1. The molecule has 0 bridgehead atoms. The van der Waals surface area contributed by atoms with Crippen molar-refractivity contribution in [3.63, 3.8) is 0 Å².